The maximum atomic E-state index is 13.7. The number of amides is 3. The van der Waals surface area contributed by atoms with Crippen molar-refractivity contribution < 1.29 is 22.7 Å². The van der Waals surface area contributed by atoms with E-state index < -0.39 is 22.1 Å². The molecular formula is C27H31N3O5S. The van der Waals surface area contributed by atoms with Gasteiger partial charge in [0, 0.05) is 18.7 Å². The highest BCUT2D eigenvalue weighted by molar-refractivity contribution is 7.90. The Kier molecular flexibility index (Phi) is 8.71. The van der Waals surface area contributed by atoms with Gasteiger partial charge >= 0.3 is 6.03 Å². The number of sulfonamides is 1. The average molecular weight is 510 g/mol. The molecule has 0 radical (unpaired) electrons. The highest BCUT2D eigenvalue weighted by Gasteiger charge is 2.29. The van der Waals surface area contributed by atoms with Crippen LogP contribution in [0.1, 0.15) is 23.6 Å². The zero-order chi connectivity index (χ0) is 26.3. The van der Waals surface area contributed by atoms with Crippen molar-refractivity contribution in [2.75, 3.05) is 18.6 Å². The van der Waals surface area contributed by atoms with Crippen LogP contribution in [0.2, 0.25) is 0 Å². The fraction of sp³-hybridized carbons (Fsp3) is 0.259. The van der Waals surface area contributed by atoms with E-state index in [9.17, 15) is 18.0 Å². The van der Waals surface area contributed by atoms with Crippen molar-refractivity contribution in [3.63, 3.8) is 0 Å². The third-order valence-corrected chi connectivity index (χ3v) is 7.26. The van der Waals surface area contributed by atoms with Crippen molar-refractivity contribution in [1.82, 2.24) is 10.0 Å². The number of hydrogen-bond donors (Lipinski definition) is 2. The average Bonchev–Trinajstić information content (AvgIpc) is 2.84. The Bertz CT molecular complexity index is 1330. The van der Waals surface area contributed by atoms with Gasteiger partial charge in [-0.25, -0.2) is 17.9 Å². The SMILES string of the molecule is CCN(C(=O)[C@H](Cc1ccccc1)NC(=O)NS(=O)(=O)c1ccccc1C)c1ccc(OC)c(C)c1. The fourth-order valence-electron chi connectivity index (χ4n) is 3.96. The van der Waals surface area contributed by atoms with Gasteiger partial charge in [0.05, 0.1) is 12.0 Å². The molecule has 1 atom stereocenters. The number of carbonyl (C=O) groups is 2. The van der Waals surface area contributed by atoms with E-state index >= 15 is 0 Å². The van der Waals surface area contributed by atoms with Gasteiger partial charge in [-0.1, -0.05) is 48.5 Å². The summed E-state index contributed by atoms with van der Waals surface area (Å²) in [6.45, 7) is 5.70. The van der Waals surface area contributed by atoms with Crippen molar-refractivity contribution in [3.8, 4) is 5.75 Å². The number of likely N-dealkylation sites (N-methyl/N-ethyl adjacent to an activating group) is 1. The molecule has 0 saturated heterocycles. The van der Waals surface area contributed by atoms with Crippen LogP contribution in [0.5, 0.6) is 5.75 Å². The molecule has 0 aromatic heterocycles. The second-order valence-corrected chi connectivity index (χ2v) is 9.97. The molecule has 3 amide bonds. The topological polar surface area (TPSA) is 105 Å². The van der Waals surface area contributed by atoms with Gasteiger partial charge in [0.1, 0.15) is 11.8 Å². The Morgan fingerprint density at radius 1 is 0.944 bits per heavy atom. The highest BCUT2D eigenvalue weighted by Crippen LogP contribution is 2.25. The first-order valence-corrected chi connectivity index (χ1v) is 13.0. The van der Waals surface area contributed by atoms with Crippen LogP contribution < -0.4 is 19.7 Å². The number of aryl methyl sites for hydroxylation is 2. The van der Waals surface area contributed by atoms with Crippen LogP contribution in [0.15, 0.2) is 77.7 Å². The maximum absolute atomic E-state index is 13.7. The molecule has 0 heterocycles. The predicted molar refractivity (Wildman–Crippen MR) is 140 cm³/mol. The third-order valence-electron chi connectivity index (χ3n) is 5.77. The Morgan fingerprint density at radius 3 is 2.22 bits per heavy atom. The maximum Gasteiger partial charge on any atom is 0.329 e. The summed E-state index contributed by atoms with van der Waals surface area (Å²) in [5.41, 5.74) is 2.83. The summed E-state index contributed by atoms with van der Waals surface area (Å²) in [7, 11) is -2.55. The minimum atomic E-state index is -4.13. The molecule has 190 valence electrons. The van der Waals surface area contributed by atoms with Crippen molar-refractivity contribution in [2.24, 2.45) is 0 Å². The van der Waals surface area contributed by atoms with Crippen LogP contribution in [0.25, 0.3) is 0 Å². The van der Waals surface area contributed by atoms with Crippen LogP contribution in [-0.2, 0) is 21.2 Å². The lowest BCUT2D eigenvalue weighted by Crippen LogP contribution is -2.53. The summed E-state index contributed by atoms with van der Waals surface area (Å²) < 4.78 is 33.0. The first-order valence-electron chi connectivity index (χ1n) is 11.5. The second kappa shape index (κ2) is 11.7. The lowest BCUT2D eigenvalue weighted by molar-refractivity contribution is -0.120. The van der Waals surface area contributed by atoms with Crippen LogP contribution in [0, 0.1) is 13.8 Å². The van der Waals surface area contributed by atoms with E-state index in [0.29, 0.717) is 23.5 Å². The number of carbonyl (C=O) groups excluding carboxylic acids is 2. The van der Waals surface area contributed by atoms with E-state index in [1.165, 1.54) is 6.07 Å². The standard InChI is InChI=1S/C27H31N3O5S/c1-5-30(22-15-16-24(35-4)20(3)17-22)26(31)23(18-21-12-7-6-8-13-21)28-27(32)29-36(33,34)25-14-10-9-11-19(25)2/h6-17,23H,5,18H2,1-4H3,(H2,28,29,32)/t23-/m0/s1. The molecule has 3 aromatic carbocycles. The third kappa shape index (κ3) is 6.42. The molecule has 0 bridgehead atoms. The molecule has 0 spiro atoms. The molecule has 0 aliphatic rings. The fourth-order valence-corrected chi connectivity index (χ4v) is 5.12. The Labute approximate surface area is 212 Å². The number of ether oxygens (including phenoxy) is 1. The molecule has 3 rings (SSSR count). The zero-order valence-corrected chi connectivity index (χ0v) is 21.6. The van der Waals surface area contributed by atoms with Gasteiger partial charge in [-0.05, 0) is 61.7 Å². The Hall–Kier alpha value is -3.85. The zero-order valence-electron chi connectivity index (χ0n) is 20.8. The minimum Gasteiger partial charge on any atom is -0.496 e. The number of anilines is 1. The summed E-state index contributed by atoms with van der Waals surface area (Å²) in [6, 6.07) is 19.0. The smallest absolute Gasteiger partial charge is 0.329 e. The molecule has 0 saturated carbocycles. The van der Waals surface area contributed by atoms with E-state index in [1.807, 2.05) is 55.0 Å². The van der Waals surface area contributed by atoms with Crippen LogP contribution in [0.3, 0.4) is 0 Å². The van der Waals surface area contributed by atoms with E-state index in [2.05, 4.69) is 5.32 Å². The van der Waals surface area contributed by atoms with E-state index in [0.717, 1.165) is 11.1 Å². The van der Waals surface area contributed by atoms with Crippen molar-refractivity contribution >= 4 is 27.6 Å². The van der Waals surface area contributed by atoms with Gasteiger partial charge in [0.15, 0.2) is 0 Å². The molecule has 9 heteroatoms. The summed E-state index contributed by atoms with van der Waals surface area (Å²) in [6.07, 6.45) is 0.184. The number of urea groups is 1. The number of benzene rings is 3. The van der Waals surface area contributed by atoms with Crippen LogP contribution in [-0.4, -0.2) is 40.1 Å². The molecular weight excluding hydrogens is 478 g/mol. The first-order chi connectivity index (χ1) is 17.2. The van der Waals surface area contributed by atoms with Gasteiger partial charge in [0.2, 0.25) is 5.91 Å². The largest absolute Gasteiger partial charge is 0.496 e. The lowest BCUT2D eigenvalue weighted by Gasteiger charge is -2.28. The van der Waals surface area contributed by atoms with Gasteiger partial charge in [-0.2, -0.15) is 0 Å². The summed E-state index contributed by atoms with van der Waals surface area (Å²) in [4.78, 5) is 28.1. The lowest BCUT2D eigenvalue weighted by atomic mass is 10.0. The van der Waals surface area contributed by atoms with Crippen LogP contribution in [0.4, 0.5) is 10.5 Å². The van der Waals surface area contributed by atoms with E-state index in [-0.39, 0.29) is 17.2 Å². The van der Waals surface area contributed by atoms with Crippen molar-refractivity contribution in [2.45, 2.75) is 38.1 Å². The number of nitrogens with one attached hydrogen (secondary N) is 2. The summed E-state index contributed by atoms with van der Waals surface area (Å²) >= 11 is 0. The Balaban J connectivity index is 1.87. The number of rotatable bonds is 9. The first kappa shape index (κ1) is 26.7. The second-order valence-electron chi connectivity index (χ2n) is 8.32. The quantitative estimate of drug-likeness (QED) is 0.454. The minimum absolute atomic E-state index is 0.00465. The number of methoxy groups -OCH3 is 1. The van der Waals surface area contributed by atoms with Gasteiger partial charge < -0.3 is 15.0 Å². The molecule has 0 aliphatic heterocycles. The number of hydrogen-bond acceptors (Lipinski definition) is 5. The molecule has 2 N–H and O–H groups in total. The van der Waals surface area contributed by atoms with Gasteiger partial charge in [-0.3, -0.25) is 4.79 Å². The van der Waals surface area contributed by atoms with E-state index in [4.69, 9.17) is 4.74 Å². The molecule has 0 unspecified atom stereocenters. The molecule has 0 fully saturated rings. The summed E-state index contributed by atoms with van der Waals surface area (Å²) in [5.74, 6) is 0.330. The highest BCUT2D eigenvalue weighted by atomic mass is 32.2. The monoisotopic (exact) mass is 509 g/mol. The van der Waals surface area contributed by atoms with Gasteiger partial charge in [0.25, 0.3) is 10.0 Å². The number of nitrogens with zero attached hydrogens (tertiary/aromatic N) is 1. The molecule has 36 heavy (non-hydrogen) atoms. The predicted octanol–water partition coefficient (Wildman–Crippen LogP) is 3.96. The normalized spacial score (nSPS) is 11.9. The van der Waals surface area contributed by atoms with E-state index in [1.54, 1.807) is 49.3 Å². The van der Waals surface area contributed by atoms with Gasteiger partial charge in [-0.15, -0.1) is 0 Å². The Morgan fingerprint density at radius 2 is 1.61 bits per heavy atom. The van der Waals surface area contributed by atoms with Crippen molar-refractivity contribution in [1.29, 1.82) is 0 Å². The summed E-state index contributed by atoms with van der Waals surface area (Å²) in [5, 5.41) is 2.59. The van der Waals surface area contributed by atoms with Crippen molar-refractivity contribution in [3.05, 3.63) is 89.5 Å². The van der Waals surface area contributed by atoms with Crippen LogP contribution >= 0.6 is 0 Å². The molecule has 0 aliphatic carbocycles. The molecule has 8 nitrogen and oxygen atoms in total. The molecule has 3 aromatic rings.